The van der Waals surface area contributed by atoms with Gasteiger partial charge in [0.05, 0.1) is 18.3 Å². The fourth-order valence-corrected chi connectivity index (χ4v) is 3.53. The zero-order chi connectivity index (χ0) is 16.9. The first-order valence-corrected chi connectivity index (χ1v) is 8.38. The Morgan fingerprint density at radius 1 is 1.25 bits per heavy atom. The zero-order valence-corrected chi connectivity index (χ0v) is 13.9. The summed E-state index contributed by atoms with van der Waals surface area (Å²) in [6.07, 6.45) is 3.39. The van der Waals surface area contributed by atoms with Crippen molar-refractivity contribution >= 4 is 11.6 Å². The van der Waals surface area contributed by atoms with E-state index in [0.29, 0.717) is 23.8 Å². The molecule has 24 heavy (non-hydrogen) atoms. The van der Waals surface area contributed by atoms with Gasteiger partial charge in [-0.1, -0.05) is 36.4 Å². The minimum atomic E-state index is -0.0572. The van der Waals surface area contributed by atoms with E-state index in [4.69, 9.17) is 5.26 Å². The fourth-order valence-electron chi connectivity index (χ4n) is 3.53. The molecule has 1 amide bonds. The minimum absolute atomic E-state index is 0.0572. The summed E-state index contributed by atoms with van der Waals surface area (Å²) < 4.78 is 0. The Bertz CT molecular complexity index is 778. The van der Waals surface area contributed by atoms with Gasteiger partial charge in [-0.2, -0.15) is 5.26 Å². The highest BCUT2D eigenvalue weighted by atomic mass is 16.2. The summed E-state index contributed by atoms with van der Waals surface area (Å²) in [4.78, 5) is 13.6. The zero-order valence-electron chi connectivity index (χ0n) is 13.9. The molecule has 0 aromatic heterocycles. The van der Waals surface area contributed by atoms with Gasteiger partial charge in [0.15, 0.2) is 6.54 Å². The number of likely N-dealkylation sites (N-methyl/N-ethyl adjacent to an activating group) is 1. The first-order chi connectivity index (χ1) is 11.7. The Labute approximate surface area is 142 Å². The van der Waals surface area contributed by atoms with Gasteiger partial charge in [-0.3, -0.25) is 4.79 Å². The second kappa shape index (κ2) is 7.29. The summed E-state index contributed by atoms with van der Waals surface area (Å²) >= 11 is 0. The van der Waals surface area contributed by atoms with Crippen LogP contribution in [-0.2, 0) is 11.2 Å². The Hall–Kier alpha value is -2.64. The van der Waals surface area contributed by atoms with Crippen LogP contribution in [0.4, 0.5) is 5.69 Å². The van der Waals surface area contributed by atoms with Crippen molar-refractivity contribution in [3.05, 3.63) is 65.2 Å². The summed E-state index contributed by atoms with van der Waals surface area (Å²) in [5.74, 6) is -0.0572. The molecule has 0 fully saturated rings. The lowest BCUT2D eigenvalue weighted by Gasteiger charge is -2.30. The van der Waals surface area contributed by atoms with Crippen LogP contribution < -0.4 is 10.2 Å². The number of aryl methyl sites for hydroxylation is 1. The van der Waals surface area contributed by atoms with Crippen LogP contribution >= 0.6 is 0 Å². The van der Waals surface area contributed by atoms with Gasteiger partial charge in [-0.25, -0.2) is 0 Å². The lowest BCUT2D eigenvalue weighted by atomic mass is 9.87. The van der Waals surface area contributed by atoms with Gasteiger partial charge >= 0.3 is 0 Å². The molecule has 3 rings (SSSR count). The SMILES string of the molecule is C[NH+](CC(=O)Nc1ccccc1C#N)[C@@H]1CCCc2ccccc21. The van der Waals surface area contributed by atoms with Gasteiger partial charge in [0, 0.05) is 12.0 Å². The fraction of sp³-hybridized carbons (Fsp3) is 0.300. The molecule has 1 unspecified atom stereocenters. The highest BCUT2D eigenvalue weighted by Gasteiger charge is 2.28. The molecule has 0 aliphatic heterocycles. The van der Waals surface area contributed by atoms with E-state index < -0.39 is 0 Å². The first-order valence-electron chi connectivity index (χ1n) is 8.38. The number of nitriles is 1. The normalized spacial score (nSPS) is 17.4. The molecule has 122 valence electrons. The van der Waals surface area contributed by atoms with Crippen molar-refractivity contribution in [2.24, 2.45) is 0 Å². The molecule has 2 atom stereocenters. The van der Waals surface area contributed by atoms with E-state index in [1.807, 2.05) is 6.07 Å². The summed E-state index contributed by atoms with van der Waals surface area (Å²) in [6.45, 7) is 0.388. The van der Waals surface area contributed by atoms with Crippen LogP contribution in [0.2, 0.25) is 0 Å². The number of carbonyl (C=O) groups excluding carboxylic acids is 1. The lowest BCUT2D eigenvalue weighted by molar-refractivity contribution is -0.905. The molecular formula is C20H22N3O+. The average molecular weight is 320 g/mol. The smallest absolute Gasteiger partial charge is 0.279 e. The summed E-state index contributed by atoms with van der Waals surface area (Å²) in [5, 5.41) is 12.0. The molecule has 0 bridgehead atoms. The monoisotopic (exact) mass is 320 g/mol. The molecule has 2 N–H and O–H groups in total. The second-order valence-electron chi connectivity index (χ2n) is 6.37. The molecule has 4 nitrogen and oxygen atoms in total. The molecule has 0 spiro atoms. The predicted molar refractivity (Wildman–Crippen MR) is 93.7 cm³/mol. The number of nitrogens with one attached hydrogen (secondary N) is 2. The number of amides is 1. The molecule has 0 saturated carbocycles. The maximum Gasteiger partial charge on any atom is 0.279 e. The standard InChI is InChI=1S/C20H21N3O/c1-23(19-12-6-9-15-7-2-4-10-17(15)19)14-20(24)22-18-11-5-3-8-16(18)13-21/h2-5,7-8,10-11,19H,6,9,12,14H2,1H3,(H,22,24)/p+1/t19-/m1/s1. The highest BCUT2D eigenvalue weighted by Crippen LogP contribution is 2.27. The third-order valence-corrected chi connectivity index (χ3v) is 4.73. The summed E-state index contributed by atoms with van der Waals surface area (Å²) in [7, 11) is 2.07. The molecule has 0 saturated heterocycles. The molecule has 4 heteroatoms. The molecular weight excluding hydrogens is 298 g/mol. The van der Waals surface area contributed by atoms with Crippen molar-refractivity contribution < 1.29 is 9.69 Å². The quantitative estimate of drug-likeness (QED) is 0.906. The summed E-state index contributed by atoms with van der Waals surface area (Å²) in [5.41, 5.74) is 3.85. The van der Waals surface area contributed by atoms with Gasteiger partial charge in [0.2, 0.25) is 0 Å². The van der Waals surface area contributed by atoms with Crippen LogP contribution in [0.1, 0.15) is 35.6 Å². The number of para-hydroxylation sites is 1. The molecule has 1 aliphatic rings. The van der Waals surface area contributed by atoms with Crippen LogP contribution in [0.25, 0.3) is 0 Å². The highest BCUT2D eigenvalue weighted by molar-refractivity contribution is 5.92. The Kier molecular flexibility index (Phi) is 4.93. The molecule has 2 aromatic rings. The second-order valence-corrected chi connectivity index (χ2v) is 6.37. The molecule has 1 aliphatic carbocycles. The van der Waals surface area contributed by atoms with E-state index in [1.54, 1.807) is 18.2 Å². The van der Waals surface area contributed by atoms with Crippen LogP contribution in [0.5, 0.6) is 0 Å². The maximum absolute atomic E-state index is 12.4. The third-order valence-electron chi connectivity index (χ3n) is 4.73. The number of quaternary nitrogens is 1. The Morgan fingerprint density at radius 3 is 2.83 bits per heavy atom. The number of benzene rings is 2. The summed E-state index contributed by atoms with van der Waals surface area (Å²) in [6, 6.07) is 18.1. The first kappa shape index (κ1) is 16.2. The number of hydrogen-bond acceptors (Lipinski definition) is 2. The molecule has 0 heterocycles. The topological polar surface area (TPSA) is 57.3 Å². The van der Waals surface area contributed by atoms with E-state index in [2.05, 4.69) is 42.7 Å². The third kappa shape index (κ3) is 3.47. The van der Waals surface area contributed by atoms with E-state index in [9.17, 15) is 4.79 Å². The van der Waals surface area contributed by atoms with Gasteiger partial charge in [-0.05, 0) is 30.5 Å². The van der Waals surface area contributed by atoms with E-state index >= 15 is 0 Å². The van der Waals surface area contributed by atoms with Crippen molar-refractivity contribution in [2.75, 3.05) is 18.9 Å². The van der Waals surface area contributed by atoms with Crippen LogP contribution in [0.3, 0.4) is 0 Å². The van der Waals surface area contributed by atoms with E-state index in [1.165, 1.54) is 16.0 Å². The van der Waals surface area contributed by atoms with Crippen LogP contribution in [-0.4, -0.2) is 19.5 Å². The number of carbonyl (C=O) groups is 1. The molecule has 0 radical (unpaired) electrons. The minimum Gasteiger partial charge on any atom is -0.323 e. The van der Waals surface area contributed by atoms with Crippen molar-refractivity contribution in [1.82, 2.24) is 0 Å². The predicted octanol–water partition coefficient (Wildman–Crippen LogP) is 2.09. The van der Waals surface area contributed by atoms with Crippen LogP contribution in [0.15, 0.2) is 48.5 Å². The Balaban J connectivity index is 1.68. The maximum atomic E-state index is 12.4. The number of nitrogens with zero attached hydrogens (tertiary/aromatic N) is 1. The number of rotatable bonds is 4. The van der Waals surface area contributed by atoms with Gasteiger partial charge in [-0.15, -0.1) is 0 Å². The van der Waals surface area contributed by atoms with Gasteiger partial charge in [0.1, 0.15) is 12.1 Å². The van der Waals surface area contributed by atoms with Crippen molar-refractivity contribution in [3.8, 4) is 6.07 Å². The van der Waals surface area contributed by atoms with Gasteiger partial charge in [0.25, 0.3) is 5.91 Å². The Morgan fingerprint density at radius 2 is 2.00 bits per heavy atom. The largest absolute Gasteiger partial charge is 0.323 e. The van der Waals surface area contributed by atoms with Gasteiger partial charge < -0.3 is 10.2 Å². The van der Waals surface area contributed by atoms with Crippen molar-refractivity contribution in [2.45, 2.75) is 25.3 Å². The number of anilines is 1. The average Bonchev–Trinajstić information content (AvgIpc) is 2.61. The van der Waals surface area contributed by atoms with E-state index in [-0.39, 0.29) is 5.91 Å². The molecule has 2 aromatic carbocycles. The number of fused-ring (bicyclic) bond motifs is 1. The van der Waals surface area contributed by atoms with E-state index in [0.717, 1.165) is 19.3 Å². The number of hydrogen-bond donors (Lipinski definition) is 2. The van der Waals surface area contributed by atoms with Crippen molar-refractivity contribution in [3.63, 3.8) is 0 Å². The lowest BCUT2D eigenvalue weighted by Crippen LogP contribution is -3.10. The van der Waals surface area contributed by atoms with Crippen molar-refractivity contribution in [1.29, 1.82) is 5.26 Å². The van der Waals surface area contributed by atoms with Crippen LogP contribution in [0, 0.1) is 11.3 Å².